The zero-order valence-corrected chi connectivity index (χ0v) is 12.7. The second kappa shape index (κ2) is 6.33. The number of non-ortho nitro benzene ring substituents is 1. The molecule has 0 bridgehead atoms. The molecule has 1 heterocycles. The zero-order valence-electron chi connectivity index (χ0n) is 12.7. The normalized spacial score (nSPS) is 10.4. The number of rotatable bonds is 4. The van der Waals surface area contributed by atoms with E-state index in [1.54, 1.807) is 23.0 Å². The minimum absolute atomic E-state index is 0.0270. The molecule has 0 fully saturated rings. The number of nitro groups is 1. The van der Waals surface area contributed by atoms with E-state index in [2.05, 4.69) is 5.10 Å². The highest BCUT2D eigenvalue weighted by atomic mass is 16.6. The summed E-state index contributed by atoms with van der Waals surface area (Å²) in [6.07, 6.45) is 1.58. The molecule has 0 aliphatic carbocycles. The SMILES string of the molecule is COC(=O)c1cn(-c2ccccc2)nc1-c1ccc([N+](=O)[O-])cc1. The lowest BCUT2D eigenvalue weighted by Crippen LogP contribution is -2.01. The highest BCUT2D eigenvalue weighted by Crippen LogP contribution is 2.26. The molecule has 0 atom stereocenters. The van der Waals surface area contributed by atoms with Crippen molar-refractivity contribution in [2.75, 3.05) is 7.11 Å². The van der Waals surface area contributed by atoms with Crippen LogP contribution in [0.15, 0.2) is 60.8 Å². The van der Waals surface area contributed by atoms with E-state index in [4.69, 9.17) is 4.74 Å². The first kappa shape index (κ1) is 15.4. The van der Waals surface area contributed by atoms with Crippen LogP contribution in [-0.4, -0.2) is 27.8 Å². The molecule has 120 valence electrons. The second-order valence-electron chi connectivity index (χ2n) is 4.97. The summed E-state index contributed by atoms with van der Waals surface area (Å²) in [5.41, 5.74) is 2.04. The first-order valence-corrected chi connectivity index (χ1v) is 7.08. The quantitative estimate of drug-likeness (QED) is 0.418. The van der Waals surface area contributed by atoms with Crippen molar-refractivity contribution in [1.82, 2.24) is 9.78 Å². The van der Waals surface area contributed by atoms with E-state index in [1.807, 2.05) is 30.3 Å². The molecule has 7 nitrogen and oxygen atoms in total. The van der Waals surface area contributed by atoms with Crippen molar-refractivity contribution in [3.63, 3.8) is 0 Å². The Morgan fingerprint density at radius 3 is 2.38 bits per heavy atom. The maximum atomic E-state index is 12.0. The Bertz CT molecular complexity index is 886. The molecule has 2 aromatic carbocycles. The molecule has 7 heteroatoms. The number of aromatic nitrogens is 2. The molecule has 0 N–H and O–H groups in total. The number of nitro benzene ring substituents is 1. The summed E-state index contributed by atoms with van der Waals surface area (Å²) in [5.74, 6) is -0.523. The Balaban J connectivity index is 2.10. The van der Waals surface area contributed by atoms with Crippen molar-refractivity contribution in [1.29, 1.82) is 0 Å². The fraction of sp³-hybridized carbons (Fsp3) is 0.0588. The number of hydrogen-bond donors (Lipinski definition) is 0. The molecule has 0 unspecified atom stereocenters. The average Bonchev–Trinajstić information content (AvgIpc) is 3.07. The van der Waals surface area contributed by atoms with Gasteiger partial charge in [0.15, 0.2) is 0 Å². The van der Waals surface area contributed by atoms with Crippen molar-refractivity contribution in [3.05, 3.63) is 76.5 Å². The van der Waals surface area contributed by atoms with Crippen LogP contribution < -0.4 is 0 Å². The van der Waals surface area contributed by atoms with Gasteiger partial charge in [0.2, 0.25) is 0 Å². The van der Waals surface area contributed by atoms with E-state index >= 15 is 0 Å². The number of hydrogen-bond acceptors (Lipinski definition) is 5. The van der Waals surface area contributed by atoms with Gasteiger partial charge in [0.25, 0.3) is 5.69 Å². The van der Waals surface area contributed by atoms with Crippen molar-refractivity contribution < 1.29 is 14.5 Å². The smallest absolute Gasteiger partial charge is 0.341 e. The lowest BCUT2D eigenvalue weighted by atomic mass is 10.1. The van der Waals surface area contributed by atoms with Crippen molar-refractivity contribution in [2.24, 2.45) is 0 Å². The van der Waals surface area contributed by atoms with E-state index < -0.39 is 10.9 Å². The van der Waals surface area contributed by atoms with Gasteiger partial charge in [-0.15, -0.1) is 0 Å². The average molecular weight is 323 g/mol. The standard InChI is InChI=1S/C17H13N3O4/c1-24-17(21)15-11-19(13-5-3-2-4-6-13)18-16(15)12-7-9-14(10-8-12)20(22)23/h2-11H,1H3. The number of esters is 1. The third kappa shape index (κ3) is 2.87. The molecule has 0 aliphatic heterocycles. The van der Waals surface area contributed by atoms with E-state index in [-0.39, 0.29) is 11.3 Å². The van der Waals surface area contributed by atoms with Crippen LogP contribution in [0.2, 0.25) is 0 Å². The molecule has 0 spiro atoms. The summed E-state index contributed by atoms with van der Waals surface area (Å²) in [5, 5.41) is 15.2. The van der Waals surface area contributed by atoms with Crippen LogP contribution in [0.5, 0.6) is 0 Å². The van der Waals surface area contributed by atoms with Gasteiger partial charge in [-0.2, -0.15) is 5.10 Å². The largest absolute Gasteiger partial charge is 0.465 e. The summed E-state index contributed by atoms with van der Waals surface area (Å²) in [7, 11) is 1.29. The number of para-hydroxylation sites is 1. The number of carbonyl (C=O) groups excluding carboxylic acids is 1. The van der Waals surface area contributed by atoms with E-state index in [0.717, 1.165) is 5.69 Å². The van der Waals surface area contributed by atoms with Crippen LogP contribution in [0, 0.1) is 10.1 Å². The van der Waals surface area contributed by atoms with Crippen LogP contribution in [0.3, 0.4) is 0 Å². The minimum atomic E-state index is -0.523. The van der Waals surface area contributed by atoms with E-state index in [1.165, 1.54) is 19.2 Å². The van der Waals surface area contributed by atoms with Crippen LogP contribution in [0.25, 0.3) is 16.9 Å². The Morgan fingerprint density at radius 1 is 1.12 bits per heavy atom. The molecular weight excluding hydrogens is 310 g/mol. The molecular formula is C17H13N3O4. The topological polar surface area (TPSA) is 87.3 Å². The van der Waals surface area contributed by atoms with E-state index in [0.29, 0.717) is 11.3 Å². The fourth-order valence-electron chi connectivity index (χ4n) is 2.30. The van der Waals surface area contributed by atoms with Gasteiger partial charge in [-0.1, -0.05) is 18.2 Å². The van der Waals surface area contributed by atoms with Gasteiger partial charge < -0.3 is 4.74 Å². The molecule has 0 saturated heterocycles. The molecule has 3 aromatic rings. The van der Waals surface area contributed by atoms with Gasteiger partial charge in [-0.25, -0.2) is 9.48 Å². The highest BCUT2D eigenvalue weighted by Gasteiger charge is 2.19. The number of nitrogens with zero attached hydrogens (tertiary/aromatic N) is 3. The van der Waals surface area contributed by atoms with Gasteiger partial charge in [0, 0.05) is 23.9 Å². The number of benzene rings is 2. The predicted molar refractivity (Wildman–Crippen MR) is 87.0 cm³/mol. The number of methoxy groups -OCH3 is 1. The van der Waals surface area contributed by atoms with Gasteiger partial charge in [-0.3, -0.25) is 10.1 Å². The minimum Gasteiger partial charge on any atom is -0.465 e. The number of carbonyl (C=O) groups is 1. The van der Waals surface area contributed by atoms with Gasteiger partial charge in [0.1, 0.15) is 11.3 Å². The molecule has 0 saturated carbocycles. The zero-order chi connectivity index (χ0) is 17.1. The van der Waals surface area contributed by atoms with Crippen LogP contribution in [0.1, 0.15) is 10.4 Å². The highest BCUT2D eigenvalue weighted by molar-refractivity contribution is 5.96. The molecule has 0 amide bonds. The Hall–Kier alpha value is -3.48. The summed E-state index contributed by atoms with van der Waals surface area (Å²) < 4.78 is 6.38. The van der Waals surface area contributed by atoms with Crippen molar-refractivity contribution in [3.8, 4) is 16.9 Å². The Kier molecular flexibility index (Phi) is 4.07. The molecule has 3 rings (SSSR count). The third-order valence-electron chi connectivity index (χ3n) is 3.49. The monoisotopic (exact) mass is 323 g/mol. The summed E-state index contributed by atoms with van der Waals surface area (Å²) in [6, 6.07) is 15.2. The predicted octanol–water partition coefficient (Wildman–Crippen LogP) is 3.23. The fourth-order valence-corrected chi connectivity index (χ4v) is 2.30. The van der Waals surface area contributed by atoms with Gasteiger partial charge in [-0.05, 0) is 24.3 Å². The summed E-state index contributed by atoms with van der Waals surface area (Å²) >= 11 is 0. The maximum Gasteiger partial charge on any atom is 0.341 e. The second-order valence-corrected chi connectivity index (χ2v) is 4.97. The molecule has 0 aliphatic rings. The van der Waals surface area contributed by atoms with Gasteiger partial charge >= 0.3 is 5.97 Å². The van der Waals surface area contributed by atoms with Crippen molar-refractivity contribution >= 4 is 11.7 Å². The Labute approximate surface area is 137 Å². The van der Waals surface area contributed by atoms with Crippen LogP contribution >= 0.6 is 0 Å². The first-order chi connectivity index (χ1) is 11.6. The lowest BCUT2D eigenvalue weighted by molar-refractivity contribution is -0.384. The van der Waals surface area contributed by atoms with E-state index in [9.17, 15) is 14.9 Å². The lowest BCUT2D eigenvalue weighted by Gasteiger charge is -2.01. The summed E-state index contributed by atoms with van der Waals surface area (Å²) in [6.45, 7) is 0. The van der Waals surface area contributed by atoms with Crippen LogP contribution in [-0.2, 0) is 4.74 Å². The number of ether oxygens (including phenoxy) is 1. The Morgan fingerprint density at radius 2 is 1.79 bits per heavy atom. The third-order valence-corrected chi connectivity index (χ3v) is 3.49. The maximum absolute atomic E-state index is 12.0. The van der Waals surface area contributed by atoms with Gasteiger partial charge in [0.05, 0.1) is 17.7 Å². The molecule has 1 aromatic heterocycles. The first-order valence-electron chi connectivity index (χ1n) is 7.08. The van der Waals surface area contributed by atoms with Crippen molar-refractivity contribution in [2.45, 2.75) is 0 Å². The summed E-state index contributed by atoms with van der Waals surface area (Å²) in [4.78, 5) is 22.3. The molecule has 0 radical (unpaired) electrons. The molecule has 24 heavy (non-hydrogen) atoms. The van der Waals surface area contributed by atoms with Crippen LogP contribution in [0.4, 0.5) is 5.69 Å².